The molecule has 2 aliphatic heterocycles. The molecule has 7 nitrogen and oxygen atoms in total. The van der Waals surface area contributed by atoms with Crippen molar-refractivity contribution in [2.75, 3.05) is 26.7 Å². The van der Waals surface area contributed by atoms with Gasteiger partial charge >= 0.3 is 0 Å². The number of amides is 1. The lowest BCUT2D eigenvalue weighted by molar-refractivity contribution is 0.0128. The van der Waals surface area contributed by atoms with Gasteiger partial charge in [-0.2, -0.15) is 0 Å². The molecule has 0 saturated carbocycles. The Kier molecular flexibility index (Phi) is 6.14. The molecule has 1 aromatic heterocycles. The molecule has 32 heavy (non-hydrogen) atoms. The third kappa shape index (κ3) is 3.84. The monoisotopic (exact) mass is 441 g/mol. The summed E-state index contributed by atoms with van der Waals surface area (Å²) in [5.41, 5.74) is 2.99. The number of Topliss-reactive ketones (excluding diaryl/α,β-unsaturated/α-hetero) is 1. The van der Waals surface area contributed by atoms with E-state index in [0.29, 0.717) is 30.0 Å². The fraction of sp³-hybridized carbons (Fsp3) is 0.520. The van der Waals surface area contributed by atoms with E-state index in [1.807, 2.05) is 24.8 Å². The van der Waals surface area contributed by atoms with Crippen LogP contribution in [0.2, 0.25) is 0 Å². The van der Waals surface area contributed by atoms with Crippen molar-refractivity contribution in [3.8, 4) is 5.75 Å². The van der Waals surface area contributed by atoms with Crippen LogP contribution in [0.15, 0.2) is 30.3 Å². The maximum absolute atomic E-state index is 13.2. The lowest BCUT2D eigenvalue weighted by Crippen LogP contribution is -2.56. The highest BCUT2D eigenvalue weighted by Gasteiger charge is 2.45. The van der Waals surface area contributed by atoms with Crippen LogP contribution in [0.25, 0.3) is 0 Å². The van der Waals surface area contributed by atoms with Crippen LogP contribution in [0.3, 0.4) is 0 Å². The van der Waals surface area contributed by atoms with Crippen molar-refractivity contribution >= 4 is 11.7 Å². The van der Waals surface area contributed by atoms with E-state index in [2.05, 4.69) is 22.6 Å². The Balaban J connectivity index is 0.00000306. The zero-order chi connectivity index (χ0) is 23.0. The number of piperidine rings is 1. The summed E-state index contributed by atoms with van der Waals surface area (Å²) in [6.07, 6.45) is 1.63. The summed E-state index contributed by atoms with van der Waals surface area (Å²) < 4.78 is 7.91. The number of likely N-dealkylation sites (N-methyl/N-ethyl adjacent to an activating group) is 1. The van der Waals surface area contributed by atoms with Gasteiger partial charge in [0.25, 0.3) is 5.91 Å². The Morgan fingerprint density at radius 1 is 1.12 bits per heavy atom. The molecule has 0 bridgehead atoms. The molecule has 2 aromatic rings. The number of hydrogen-bond acceptors (Lipinski definition) is 5. The molecule has 1 amide bonds. The van der Waals surface area contributed by atoms with Crippen LogP contribution in [0, 0.1) is 0 Å². The molecule has 0 unspecified atom stereocenters. The number of carbonyl (C=O) groups excluding carboxylic acids is 2. The molecule has 1 fully saturated rings. The first-order valence-corrected chi connectivity index (χ1v) is 11.4. The van der Waals surface area contributed by atoms with E-state index in [0.717, 1.165) is 31.6 Å². The maximum atomic E-state index is 13.2. The molecule has 4 rings (SSSR count). The normalized spacial score (nSPS) is 18.1. The quantitative estimate of drug-likeness (QED) is 0.721. The predicted molar refractivity (Wildman–Crippen MR) is 124 cm³/mol. The SMILES string of the molecule is CC(=O)c1ccc2n1CCN(C)C21CCN(C(=O)c2ccc(OC(C)C)c(CO)c2)CC1.[HH]. The molecule has 1 N–H and O–H groups in total. The second kappa shape index (κ2) is 8.71. The molecular formula is C25H35N3O4. The van der Waals surface area contributed by atoms with Crippen molar-refractivity contribution in [3.63, 3.8) is 0 Å². The Hall–Kier alpha value is -2.64. The summed E-state index contributed by atoms with van der Waals surface area (Å²) in [5, 5.41) is 9.74. The molecule has 174 valence electrons. The Morgan fingerprint density at radius 2 is 1.84 bits per heavy atom. The molecule has 1 aromatic carbocycles. The van der Waals surface area contributed by atoms with Crippen LogP contribution in [-0.4, -0.2) is 63.9 Å². The van der Waals surface area contributed by atoms with Gasteiger partial charge in [-0.25, -0.2) is 0 Å². The Bertz CT molecular complexity index is 1020. The van der Waals surface area contributed by atoms with Crippen molar-refractivity contribution in [2.45, 2.75) is 58.4 Å². The Morgan fingerprint density at radius 3 is 2.47 bits per heavy atom. The van der Waals surface area contributed by atoms with Gasteiger partial charge in [0.05, 0.1) is 23.9 Å². The first kappa shape index (κ1) is 22.6. The largest absolute Gasteiger partial charge is 0.491 e. The van der Waals surface area contributed by atoms with Gasteiger partial charge in [0.2, 0.25) is 0 Å². The summed E-state index contributed by atoms with van der Waals surface area (Å²) >= 11 is 0. The number of ketones is 1. The summed E-state index contributed by atoms with van der Waals surface area (Å²) in [6, 6.07) is 9.31. The molecule has 0 aliphatic carbocycles. The highest BCUT2D eigenvalue weighted by atomic mass is 16.5. The van der Waals surface area contributed by atoms with Crippen LogP contribution < -0.4 is 4.74 Å². The standard InChI is InChI=1S/C25H33N3O4.H2/c1-17(2)32-22-7-5-19(15-20(22)16-29)24(31)27-11-9-25(10-12-27)23-8-6-21(18(3)30)28(23)14-13-26(25)4;/h5-8,15,17,29H,9-14,16H2,1-4H3;1H. The smallest absolute Gasteiger partial charge is 0.253 e. The molecular weight excluding hydrogens is 406 g/mol. The fourth-order valence-electron chi connectivity index (χ4n) is 5.19. The minimum atomic E-state index is -0.174. The van der Waals surface area contributed by atoms with Gasteiger partial charge in [-0.1, -0.05) is 0 Å². The van der Waals surface area contributed by atoms with E-state index in [1.165, 1.54) is 5.69 Å². The average molecular weight is 442 g/mol. The van der Waals surface area contributed by atoms with Crippen LogP contribution >= 0.6 is 0 Å². The first-order chi connectivity index (χ1) is 15.3. The molecule has 1 spiro atoms. The number of rotatable bonds is 5. The number of aliphatic hydroxyl groups is 1. The summed E-state index contributed by atoms with van der Waals surface area (Å²) in [4.78, 5) is 29.6. The van der Waals surface area contributed by atoms with Gasteiger partial charge in [-0.05, 0) is 64.1 Å². The van der Waals surface area contributed by atoms with E-state index in [9.17, 15) is 14.7 Å². The zero-order valence-electron chi connectivity index (χ0n) is 19.4. The molecule has 2 aliphatic rings. The van der Waals surface area contributed by atoms with Gasteiger partial charge in [-0.15, -0.1) is 0 Å². The van der Waals surface area contributed by atoms with E-state index < -0.39 is 0 Å². The van der Waals surface area contributed by atoms with Gasteiger partial charge in [0, 0.05) is 51.4 Å². The van der Waals surface area contributed by atoms with Gasteiger partial charge < -0.3 is 19.3 Å². The number of likely N-dealkylation sites (tertiary alicyclic amines) is 1. The summed E-state index contributed by atoms with van der Waals surface area (Å²) in [6.45, 7) is 8.29. The number of aromatic nitrogens is 1. The van der Waals surface area contributed by atoms with Crippen molar-refractivity contribution in [3.05, 3.63) is 52.8 Å². The first-order valence-electron chi connectivity index (χ1n) is 11.4. The minimum Gasteiger partial charge on any atom is -0.491 e. The van der Waals surface area contributed by atoms with Crippen molar-refractivity contribution in [1.82, 2.24) is 14.4 Å². The number of hydrogen-bond donors (Lipinski definition) is 1. The third-order valence-electron chi connectivity index (χ3n) is 6.93. The second-order valence-corrected chi connectivity index (χ2v) is 9.20. The number of ether oxygens (including phenoxy) is 1. The van der Waals surface area contributed by atoms with E-state index in [-0.39, 0.29) is 31.4 Å². The van der Waals surface area contributed by atoms with Crippen LogP contribution in [0.4, 0.5) is 0 Å². The number of benzene rings is 1. The minimum absolute atomic E-state index is 0. The lowest BCUT2D eigenvalue weighted by Gasteiger charge is -2.50. The number of nitrogens with zero attached hydrogens (tertiary/aromatic N) is 3. The van der Waals surface area contributed by atoms with Crippen molar-refractivity contribution < 1.29 is 20.9 Å². The maximum Gasteiger partial charge on any atom is 0.253 e. The number of carbonyl (C=O) groups is 2. The van der Waals surface area contributed by atoms with Gasteiger partial charge in [0.1, 0.15) is 5.75 Å². The van der Waals surface area contributed by atoms with E-state index in [1.54, 1.807) is 25.1 Å². The third-order valence-corrected chi connectivity index (χ3v) is 6.93. The van der Waals surface area contributed by atoms with Crippen LogP contribution in [0.5, 0.6) is 5.75 Å². The highest BCUT2D eigenvalue weighted by Crippen LogP contribution is 2.41. The molecule has 0 atom stereocenters. The summed E-state index contributed by atoms with van der Waals surface area (Å²) in [5.74, 6) is 0.680. The average Bonchev–Trinajstić information content (AvgIpc) is 3.22. The van der Waals surface area contributed by atoms with Crippen LogP contribution in [-0.2, 0) is 18.7 Å². The van der Waals surface area contributed by atoms with Gasteiger partial charge in [-0.3, -0.25) is 14.5 Å². The van der Waals surface area contributed by atoms with Crippen LogP contribution in [0.1, 0.15) is 67.1 Å². The molecule has 3 heterocycles. The molecule has 0 radical (unpaired) electrons. The van der Waals surface area contributed by atoms with E-state index in [4.69, 9.17) is 4.74 Å². The lowest BCUT2D eigenvalue weighted by atomic mass is 9.81. The predicted octanol–water partition coefficient (Wildman–Crippen LogP) is 3.29. The topological polar surface area (TPSA) is 75.0 Å². The highest BCUT2D eigenvalue weighted by molar-refractivity contribution is 5.95. The molecule has 1 saturated heterocycles. The van der Waals surface area contributed by atoms with Gasteiger partial charge in [0.15, 0.2) is 5.78 Å². The molecule has 7 heteroatoms. The summed E-state index contributed by atoms with van der Waals surface area (Å²) in [7, 11) is 2.14. The zero-order valence-corrected chi connectivity index (χ0v) is 19.4. The second-order valence-electron chi connectivity index (χ2n) is 9.20. The Labute approximate surface area is 191 Å². The fourth-order valence-corrected chi connectivity index (χ4v) is 5.19. The van der Waals surface area contributed by atoms with E-state index >= 15 is 0 Å². The van der Waals surface area contributed by atoms with Crippen molar-refractivity contribution in [1.29, 1.82) is 0 Å². The number of aliphatic hydroxyl groups excluding tert-OH is 1. The van der Waals surface area contributed by atoms with Crippen molar-refractivity contribution in [2.24, 2.45) is 0 Å². The number of fused-ring (bicyclic) bond motifs is 2.